The fourth-order valence-corrected chi connectivity index (χ4v) is 2.25. The third kappa shape index (κ3) is 2.86. The maximum atomic E-state index is 5.87. The Balaban J connectivity index is 1.71. The summed E-state index contributed by atoms with van der Waals surface area (Å²) >= 11 is 0. The monoisotopic (exact) mass is 270 g/mol. The number of morpholine rings is 1. The van der Waals surface area contributed by atoms with Crippen molar-refractivity contribution in [3.63, 3.8) is 0 Å². The van der Waals surface area contributed by atoms with Gasteiger partial charge in [-0.15, -0.1) is 0 Å². The lowest BCUT2D eigenvalue weighted by molar-refractivity contribution is 0.122. The first-order valence-corrected chi connectivity index (χ1v) is 6.78. The highest BCUT2D eigenvalue weighted by Crippen LogP contribution is 2.28. The van der Waals surface area contributed by atoms with E-state index in [0.717, 1.165) is 32.1 Å². The van der Waals surface area contributed by atoms with Gasteiger partial charge in [0.15, 0.2) is 0 Å². The zero-order chi connectivity index (χ0) is 13.8. The summed E-state index contributed by atoms with van der Waals surface area (Å²) in [6.07, 6.45) is 0. The number of benzene rings is 2. The standard InChI is InChI=1S/C16H18N2O2/c17-15-3-1-2-4-16(15)20-14-7-5-13(6-8-14)18-9-11-19-12-10-18/h1-8H,9-12,17H2. The van der Waals surface area contributed by atoms with E-state index in [1.54, 1.807) is 0 Å². The predicted molar refractivity (Wildman–Crippen MR) is 80.4 cm³/mol. The van der Waals surface area contributed by atoms with Crippen molar-refractivity contribution in [2.45, 2.75) is 0 Å². The van der Waals surface area contributed by atoms with Gasteiger partial charge in [0.2, 0.25) is 0 Å². The quantitative estimate of drug-likeness (QED) is 0.871. The van der Waals surface area contributed by atoms with Gasteiger partial charge in [0.05, 0.1) is 18.9 Å². The number of nitrogens with two attached hydrogens (primary N) is 1. The van der Waals surface area contributed by atoms with Crippen LogP contribution in [0.4, 0.5) is 11.4 Å². The highest BCUT2D eigenvalue weighted by atomic mass is 16.5. The molecule has 2 aromatic carbocycles. The van der Waals surface area contributed by atoms with E-state index in [9.17, 15) is 0 Å². The number of para-hydroxylation sites is 2. The summed E-state index contributed by atoms with van der Waals surface area (Å²) in [6.45, 7) is 3.45. The highest BCUT2D eigenvalue weighted by molar-refractivity contribution is 5.55. The molecule has 1 saturated heterocycles. The molecule has 1 fully saturated rings. The van der Waals surface area contributed by atoms with Gasteiger partial charge in [-0.05, 0) is 36.4 Å². The smallest absolute Gasteiger partial charge is 0.150 e. The summed E-state index contributed by atoms with van der Waals surface area (Å²) in [5.41, 5.74) is 7.71. The number of nitrogens with zero attached hydrogens (tertiary/aromatic N) is 1. The summed E-state index contributed by atoms with van der Waals surface area (Å²) in [7, 11) is 0. The van der Waals surface area contributed by atoms with E-state index in [1.165, 1.54) is 5.69 Å². The molecule has 3 rings (SSSR count). The first-order chi connectivity index (χ1) is 9.83. The van der Waals surface area contributed by atoms with E-state index < -0.39 is 0 Å². The summed E-state index contributed by atoms with van der Waals surface area (Å²) < 4.78 is 11.1. The van der Waals surface area contributed by atoms with Crippen LogP contribution in [0.25, 0.3) is 0 Å². The molecule has 0 radical (unpaired) electrons. The number of nitrogen functional groups attached to an aromatic ring is 1. The van der Waals surface area contributed by atoms with Gasteiger partial charge in [-0.25, -0.2) is 0 Å². The van der Waals surface area contributed by atoms with E-state index in [1.807, 2.05) is 36.4 Å². The molecule has 2 aromatic rings. The maximum Gasteiger partial charge on any atom is 0.150 e. The number of hydrogen-bond donors (Lipinski definition) is 1. The normalized spacial score (nSPS) is 15.1. The minimum Gasteiger partial charge on any atom is -0.455 e. The third-order valence-electron chi connectivity index (χ3n) is 3.36. The lowest BCUT2D eigenvalue weighted by Crippen LogP contribution is -2.36. The Hall–Kier alpha value is -2.20. The lowest BCUT2D eigenvalue weighted by Gasteiger charge is -2.28. The van der Waals surface area contributed by atoms with E-state index in [4.69, 9.17) is 15.2 Å². The predicted octanol–water partition coefficient (Wildman–Crippen LogP) is 2.90. The Morgan fingerprint density at radius 3 is 2.35 bits per heavy atom. The average Bonchev–Trinajstić information content (AvgIpc) is 2.51. The average molecular weight is 270 g/mol. The van der Waals surface area contributed by atoms with E-state index in [-0.39, 0.29) is 0 Å². The van der Waals surface area contributed by atoms with Crippen LogP contribution in [0.15, 0.2) is 48.5 Å². The minimum absolute atomic E-state index is 0.643. The topological polar surface area (TPSA) is 47.7 Å². The Labute approximate surface area is 118 Å². The van der Waals surface area contributed by atoms with Gasteiger partial charge in [0.25, 0.3) is 0 Å². The first-order valence-electron chi connectivity index (χ1n) is 6.78. The van der Waals surface area contributed by atoms with Crippen LogP contribution in [0.3, 0.4) is 0 Å². The van der Waals surface area contributed by atoms with Crippen LogP contribution >= 0.6 is 0 Å². The van der Waals surface area contributed by atoms with Crippen molar-refractivity contribution in [2.24, 2.45) is 0 Å². The molecule has 0 unspecified atom stereocenters. The molecule has 0 bridgehead atoms. The summed E-state index contributed by atoms with van der Waals surface area (Å²) in [5, 5.41) is 0. The number of hydrogen-bond acceptors (Lipinski definition) is 4. The second-order valence-corrected chi connectivity index (χ2v) is 4.73. The molecule has 4 nitrogen and oxygen atoms in total. The second kappa shape index (κ2) is 5.84. The van der Waals surface area contributed by atoms with Crippen LogP contribution in [-0.4, -0.2) is 26.3 Å². The van der Waals surface area contributed by atoms with Crippen molar-refractivity contribution in [3.8, 4) is 11.5 Å². The van der Waals surface area contributed by atoms with Crippen LogP contribution in [0, 0.1) is 0 Å². The molecule has 0 aromatic heterocycles. The zero-order valence-corrected chi connectivity index (χ0v) is 11.3. The molecule has 0 saturated carbocycles. The van der Waals surface area contributed by atoms with Crippen molar-refractivity contribution >= 4 is 11.4 Å². The van der Waals surface area contributed by atoms with Crippen LogP contribution in [0.1, 0.15) is 0 Å². The van der Waals surface area contributed by atoms with E-state index >= 15 is 0 Å². The molecular weight excluding hydrogens is 252 g/mol. The Morgan fingerprint density at radius 2 is 1.65 bits per heavy atom. The second-order valence-electron chi connectivity index (χ2n) is 4.73. The molecule has 20 heavy (non-hydrogen) atoms. The molecule has 1 heterocycles. The number of rotatable bonds is 3. The fourth-order valence-electron chi connectivity index (χ4n) is 2.25. The van der Waals surface area contributed by atoms with Gasteiger partial charge >= 0.3 is 0 Å². The molecule has 4 heteroatoms. The Kier molecular flexibility index (Phi) is 3.74. The summed E-state index contributed by atoms with van der Waals surface area (Å²) in [4.78, 5) is 2.31. The third-order valence-corrected chi connectivity index (χ3v) is 3.36. The van der Waals surface area contributed by atoms with Crippen molar-refractivity contribution in [2.75, 3.05) is 36.9 Å². The highest BCUT2D eigenvalue weighted by Gasteiger charge is 2.11. The molecule has 0 aliphatic carbocycles. The number of anilines is 2. The van der Waals surface area contributed by atoms with E-state index in [2.05, 4.69) is 17.0 Å². The molecule has 1 aliphatic rings. The van der Waals surface area contributed by atoms with Crippen LogP contribution in [0.5, 0.6) is 11.5 Å². The minimum atomic E-state index is 0.643. The van der Waals surface area contributed by atoms with Crippen molar-refractivity contribution in [1.29, 1.82) is 0 Å². The fraction of sp³-hybridized carbons (Fsp3) is 0.250. The van der Waals surface area contributed by atoms with Gasteiger partial charge in [-0.3, -0.25) is 0 Å². The lowest BCUT2D eigenvalue weighted by atomic mass is 10.2. The van der Waals surface area contributed by atoms with Gasteiger partial charge < -0.3 is 20.1 Å². The molecule has 1 aliphatic heterocycles. The maximum absolute atomic E-state index is 5.87. The van der Waals surface area contributed by atoms with Crippen LogP contribution in [0.2, 0.25) is 0 Å². The molecule has 104 valence electrons. The molecule has 2 N–H and O–H groups in total. The number of ether oxygens (including phenoxy) is 2. The van der Waals surface area contributed by atoms with Gasteiger partial charge in [0, 0.05) is 18.8 Å². The van der Waals surface area contributed by atoms with Crippen molar-refractivity contribution < 1.29 is 9.47 Å². The molecular formula is C16H18N2O2. The largest absolute Gasteiger partial charge is 0.455 e. The first kappa shape index (κ1) is 12.8. The van der Waals surface area contributed by atoms with Crippen LogP contribution in [-0.2, 0) is 4.74 Å². The van der Waals surface area contributed by atoms with Gasteiger partial charge in [-0.2, -0.15) is 0 Å². The van der Waals surface area contributed by atoms with Gasteiger partial charge in [0.1, 0.15) is 11.5 Å². The van der Waals surface area contributed by atoms with Crippen molar-refractivity contribution in [3.05, 3.63) is 48.5 Å². The van der Waals surface area contributed by atoms with Crippen molar-refractivity contribution in [1.82, 2.24) is 0 Å². The summed E-state index contributed by atoms with van der Waals surface area (Å²) in [6, 6.07) is 15.6. The van der Waals surface area contributed by atoms with Crippen LogP contribution < -0.4 is 15.4 Å². The Morgan fingerprint density at radius 1 is 0.950 bits per heavy atom. The molecule has 0 atom stereocenters. The zero-order valence-electron chi connectivity index (χ0n) is 11.3. The SMILES string of the molecule is Nc1ccccc1Oc1ccc(N2CCOCC2)cc1. The summed E-state index contributed by atoms with van der Waals surface area (Å²) in [5.74, 6) is 1.48. The Bertz CT molecular complexity index is 563. The molecule has 0 spiro atoms. The van der Waals surface area contributed by atoms with Gasteiger partial charge in [-0.1, -0.05) is 12.1 Å². The van der Waals surface area contributed by atoms with E-state index in [0.29, 0.717) is 11.4 Å². The molecule has 0 amide bonds.